The number of hydrogen-bond donors (Lipinski definition) is 2. The van der Waals surface area contributed by atoms with Gasteiger partial charge in [0.1, 0.15) is 0 Å². The van der Waals surface area contributed by atoms with Crippen molar-refractivity contribution in [1.29, 1.82) is 0 Å². The minimum atomic E-state index is -0.321. The summed E-state index contributed by atoms with van der Waals surface area (Å²) in [5.74, 6) is 1.81. The quantitative estimate of drug-likeness (QED) is 0.753. The van der Waals surface area contributed by atoms with Crippen molar-refractivity contribution in [3.63, 3.8) is 0 Å². The summed E-state index contributed by atoms with van der Waals surface area (Å²) in [5, 5.41) is 6.36. The highest BCUT2D eigenvalue weighted by atomic mass is 16.2. The molecule has 1 amide bonds. The molecule has 1 rings (SSSR count). The third-order valence-electron chi connectivity index (χ3n) is 4.63. The van der Waals surface area contributed by atoms with E-state index in [9.17, 15) is 4.79 Å². The number of nitrogens with one attached hydrogen (secondary N) is 2. The Balaban J connectivity index is 2.40. The van der Waals surface area contributed by atoms with Gasteiger partial charge in [0.05, 0.1) is 5.41 Å². The van der Waals surface area contributed by atoms with Crippen LogP contribution in [0.25, 0.3) is 0 Å². The SMILES string of the molecule is CNC(=O)C(C)(C)CNC1CCCC(C(C)C)CC1. The second-order valence-electron chi connectivity index (χ2n) is 7.05. The molecule has 112 valence electrons. The van der Waals surface area contributed by atoms with Gasteiger partial charge in [0, 0.05) is 19.6 Å². The number of rotatable bonds is 5. The summed E-state index contributed by atoms with van der Waals surface area (Å²) in [6.07, 6.45) is 6.53. The predicted octanol–water partition coefficient (Wildman–Crippen LogP) is 2.95. The van der Waals surface area contributed by atoms with E-state index in [1.54, 1.807) is 7.05 Å². The predicted molar refractivity (Wildman–Crippen MR) is 81.1 cm³/mol. The lowest BCUT2D eigenvalue weighted by Crippen LogP contribution is -2.44. The molecule has 1 saturated carbocycles. The van der Waals surface area contributed by atoms with Crippen LogP contribution in [0.3, 0.4) is 0 Å². The molecule has 0 bridgehead atoms. The van der Waals surface area contributed by atoms with Crippen molar-refractivity contribution in [2.24, 2.45) is 17.3 Å². The average molecular weight is 268 g/mol. The normalized spacial score (nSPS) is 25.2. The lowest BCUT2D eigenvalue weighted by atomic mass is 9.89. The zero-order valence-electron chi connectivity index (χ0n) is 13.4. The molecule has 0 aromatic rings. The standard InChI is InChI=1S/C16H32N2O/c1-12(2)13-7-6-8-14(10-9-13)18-11-16(3,4)15(19)17-5/h12-14,18H,6-11H2,1-5H3,(H,17,19). The van der Waals surface area contributed by atoms with Crippen LogP contribution in [0.15, 0.2) is 0 Å². The van der Waals surface area contributed by atoms with Gasteiger partial charge in [-0.2, -0.15) is 0 Å². The van der Waals surface area contributed by atoms with Gasteiger partial charge in [0.15, 0.2) is 0 Å². The number of amides is 1. The van der Waals surface area contributed by atoms with Gasteiger partial charge in [-0.1, -0.05) is 26.7 Å². The summed E-state index contributed by atoms with van der Waals surface area (Å²) in [6, 6.07) is 0.590. The van der Waals surface area contributed by atoms with E-state index in [1.165, 1.54) is 32.1 Å². The van der Waals surface area contributed by atoms with Crippen LogP contribution >= 0.6 is 0 Å². The maximum atomic E-state index is 11.8. The molecule has 1 aliphatic carbocycles. The van der Waals surface area contributed by atoms with Crippen LogP contribution in [-0.2, 0) is 4.79 Å². The first-order valence-electron chi connectivity index (χ1n) is 7.82. The van der Waals surface area contributed by atoms with Crippen LogP contribution in [0.1, 0.15) is 59.8 Å². The molecular formula is C16H32N2O. The lowest BCUT2D eigenvalue weighted by Gasteiger charge is -2.26. The van der Waals surface area contributed by atoms with Gasteiger partial charge in [-0.3, -0.25) is 4.79 Å². The summed E-state index contributed by atoms with van der Waals surface area (Å²) in [5.41, 5.74) is -0.321. The molecule has 1 fully saturated rings. The third kappa shape index (κ3) is 5.13. The monoisotopic (exact) mass is 268 g/mol. The summed E-state index contributed by atoms with van der Waals surface area (Å²) in [4.78, 5) is 11.8. The van der Waals surface area contributed by atoms with E-state index >= 15 is 0 Å². The Kier molecular flexibility index (Phi) is 6.31. The second-order valence-corrected chi connectivity index (χ2v) is 7.05. The molecule has 0 aromatic carbocycles. The molecular weight excluding hydrogens is 236 g/mol. The van der Waals surface area contributed by atoms with Crippen LogP contribution in [0.2, 0.25) is 0 Å². The molecule has 0 spiro atoms. The van der Waals surface area contributed by atoms with Gasteiger partial charge in [-0.25, -0.2) is 0 Å². The Morgan fingerprint density at radius 2 is 1.89 bits per heavy atom. The van der Waals surface area contributed by atoms with E-state index in [4.69, 9.17) is 0 Å². The van der Waals surface area contributed by atoms with Crippen LogP contribution in [0.5, 0.6) is 0 Å². The first kappa shape index (κ1) is 16.5. The van der Waals surface area contributed by atoms with Gasteiger partial charge in [-0.15, -0.1) is 0 Å². The molecule has 0 heterocycles. The highest BCUT2D eigenvalue weighted by molar-refractivity contribution is 5.81. The zero-order valence-corrected chi connectivity index (χ0v) is 13.4. The van der Waals surface area contributed by atoms with Crippen LogP contribution < -0.4 is 10.6 Å². The summed E-state index contributed by atoms with van der Waals surface area (Å²) in [6.45, 7) is 9.46. The molecule has 2 N–H and O–H groups in total. The van der Waals surface area contributed by atoms with Gasteiger partial charge >= 0.3 is 0 Å². The number of hydrogen-bond acceptors (Lipinski definition) is 2. The third-order valence-corrected chi connectivity index (χ3v) is 4.63. The van der Waals surface area contributed by atoms with E-state index < -0.39 is 0 Å². The van der Waals surface area contributed by atoms with E-state index in [1.807, 2.05) is 13.8 Å². The van der Waals surface area contributed by atoms with E-state index in [0.29, 0.717) is 6.04 Å². The summed E-state index contributed by atoms with van der Waals surface area (Å²) in [7, 11) is 1.71. The largest absolute Gasteiger partial charge is 0.359 e. The molecule has 2 unspecified atom stereocenters. The Morgan fingerprint density at radius 3 is 2.47 bits per heavy atom. The van der Waals surface area contributed by atoms with Crippen molar-refractivity contribution < 1.29 is 4.79 Å². The fourth-order valence-electron chi connectivity index (χ4n) is 3.02. The molecule has 0 aliphatic heterocycles. The minimum Gasteiger partial charge on any atom is -0.359 e. The Hall–Kier alpha value is -0.570. The van der Waals surface area contributed by atoms with Crippen molar-refractivity contribution in [3.05, 3.63) is 0 Å². The zero-order chi connectivity index (χ0) is 14.5. The van der Waals surface area contributed by atoms with Crippen LogP contribution in [0.4, 0.5) is 0 Å². The summed E-state index contributed by atoms with van der Waals surface area (Å²) >= 11 is 0. The Labute approximate surface area is 118 Å². The number of carbonyl (C=O) groups is 1. The molecule has 0 aromatic heterocycles. The van der Waals surface area contributed by atoms with E-state index in [-0.39, 0.29) is 11.3 Å². The highest BCUT2D eigenvalue weighted by Crippen LogP contribution is 2.29. The van der Waals surface area contributed by atoms with Crippen molar-refractivity contribution in [1.82, 2.24) is 10.6 Å². The van der Waals surface area contributed by atoms with Crippen molar-refractivity contribution in [3.8, 4) is 0 Å². The van der Waals surface area contributed by atoms with Gasteiger partial charge in [0.2, 0.25) is 5.91 Å². The fraction of sp³-hybridized carbons (Fsp3) is 0.938. The van der Waals surface area contributed by atoms with Crippen molar-refractivity contribution >= 4 is 5.91 Å². The first-order valence-corrected chi connectivity index (χ1v) is 7.82. The maximum Gasteiger partial charge on any atom is 0.226 e. The van der Waals surface area contributed by atoms with Crippen LogP contribution in [0, 0.1) is 17.3 Å². The fourth-order valence-corrected chi connectivity index (χ4v) is 3.02. The minimum absolute atomic E-state index is 0.119. The van der Waals surface area contributed by atoms with Crippen molar-refractivity contribution in [2.75, 3.05) is 13.6 Å². The molecule has 19 heavy (non-hydrogen) atoms. The Bertz CT molecular complexity index is 286. The molecule has 1 aliphatic rings. The molecule has 2 atom stereocenters. The van der Waals surface area contributed by atoms with Gasteiger partial charge in [0.25, 0.3) is 0 Å². The maximum absolute atomic E-state index is 11.8. The Morgan fingerprint density at radius 1 is 1.21 bits per heavy atom. The van der Waals surface area contributed by atoms with Gasteiger partial charge in [-0.05, 0) is 44.9 Å². The molecule has 0 saturated heterocycles. The van der Waals surface area contributed by atoms with E-state index in [0.717, 1.165) is 18.4 Å². The first-order chi connectivity index (χ1) is 8.86. The average Bonchev–Trinajstić information content (AvgIpc) is 2.60. The highest BCUT2D eigenvalue weighted by Gasteiger charge is 2.28. The lowest BCUT2D eigenvalue weighted by molar-refractivity contribution is -0.128. The topological polar surface area (TPSA) is 41.1 Å². The molecule has 0 radical (unpaired) electrons. The van der Waals surface area contributed by atoms with Crippen molar-refractivity contribution in [2.45, 2.75) is 65.8 Å². The molecule has 3 nitrogen and oxygen atoms in total. The number of carbonyl (C=O) groups excluding carboxylic acids is 1. The summed E-state index contributed by atoms with van der Waals surface area (Å²) < 4.78 is 0. The van der Waals surface area contributed by atoms with E-state index in [2.05, 4.69) is 24.5 Å². The molecule has 3 heteroatoms. The van der Waals surface area contributed by atoms with Crippen LogP contribution in [-0.4, -0.2) is 25.5 Å². The second kappa shape index (κ2) is 7.28. The van der Waals surface area contributed by atoms with Gasteiger partial charge < -0.3 is 10.6 Å². The smallest absolute Gasteiger partial charge is 0.226 e.